The SMILES string of the molecule is C[C@H]1CN([C@@H](C)CO)C(=O)Cc2cc(NC(=O)CCN3CCOCC3)ccc2O[C@H]1CN(C)Cc1ccccc1. The molecule has 9 heteroatoms. The van der Waals surface area contributed by atoms with Crippen LogP contribution in [0.3, 0.4) is 0 Å². The van der Waals surface area contributed by atoms with Crippen molar-refractivity contribution >= 4 is 17.5 Å². The van der Waals surface area contributed by atoms with Gasteiger partial charge < -0.3 is 24.8 Å². The van der Waals surface area contributed by atoms with Gasteiger partial charge in [-0.3, -0.25) is 19.4 Å². The maximum absolute atomic E-state index is 13.5. The minimum Gasteiger partial charge on any atom is -0.488 e. The van der Waals surface area contributed by atoms with Crippen molar-refractivity contribution in [3.05, 3.63) is 59.7 Å². The second-order valence-corrected chi connectivity index (χ2v) is 11.1. The highest BCUT2D eigenvalue weighted by Crippen LogP contribution is 2.29. The molecule has 3 atom stereocenters. The highest BCUT2D eigenvalue weighted by molar-refractivity contribution is 5.91. The minimum atomic E-state index is -0.303. The molecule has 0 unspecified atom stereocenters. The highest BCUT2D eigenvalue weighted by Gasteiger charge is 2.31. The molecule has 1 saturated heterocycles. The number of morpholine rings is 1. The minimum absolute atomic E-state index is 0.0293. The maximum atomic E-state index is 13.5. The van der Waals surface area contributed by atoms with E-state index in [-0.39, 0.29) is 42.9 Å². The van der Waals surface area contributed by atoms with Crippen LogP contribution >= 0.6 is 0 Å². The summed E-state index contributed by atoms with van der Waals surface area (Å²) < 4.78 is 12.0. The first-order valence-corrected chi connectivity index (χ1v) is 14.3. The Morgan fingerprint density at radius 1 is 1.18 bits per heavy atom. The number of benzene rings is 2. The average Bonchev–Trinajstić information content (AvgIpc) is 3.00. The Morgan fingerprint density at radius 3 is 2.65 bits per heavy atom. The molecular weight excluding hydrogens is 508 g/mol. The average molecular weight is 553 g/mol. The number of fused-ring (bicyclic) bond motifs is 1. The number of hydrogen-bond donors (Lipinski definition) is 2. The summed E-state index contributed by atoms with van der Waals surface area (Å²) in [7, 11) is 2.07. The van der Waals surface area contributed by atoms with Crippen molar-refractivity contribution in [1.82, 2.24) is 14.7 Å². The number of amides is 2. The first kappa shape index (κ1) is 30.0. The quantitative estimate of drug-likeness (QED) is 0.468. The smallest absolute Gasteiger partial charge is 0.227 e. The van der Waals surface area contributed by atoms with E-state index in [1.807, 2.05) is 43.3 Å². The van der Waals surface area contributed by atoms with Gasteiger partial charge in [-0.1, -0.05) is 37.3 Å². The molecule has 40 heavy (non-hydrogen) atoms. The molecule has 9 nitrogen and oxygen atoms in total. The number of hydrogen-bond acceptors (Lipinski definition) is 7. The normalized spacial score (nSPS) is 21.1. The van der Waals surface area contributed by atoms with E-state index >= 15 is 0 Å². The Bertz CT molecular complexity index is 1110. The predicted molar refractivity (Wildman–Crippen MR) is 155 cm³/mol. The van der Waals surface area contributed by atoms with E-state index in [1.165, 1.54) is 5.56 Å². The van der Waals surface area contributed by atoms with Gasteiger partial charge in [0.25, 0.3) is 0 Å². The van der Waals surface area contributed by atoms with E-state index < -0.39 is 0 Å². The fourth-order valence-electron chi connectivity index (χ4n) is 5.30. The Labute approximate surface area is 238 Å². The van der Waals surface area contributed by atoms with Crippen LogP contribution < -0.4 is 10.1 Å². The van der Waals surface area contributed by atoms with Gasteiger partial charge in [-0.2, -0.15) is 0 Å². The maximum Gasteiger partial charge on any atom is 0.227 e. The van der Waals surface area contributed by atoms with Gasteiger partial charge in [0, 0.05) is 62.9 Å². The van der Waals surface area contributed by atoms with Crippen LogP contribution in [0.25, 0.3) is 0 Å². The first-order chi connectivity index (χ1) is 19.3. The number of ether oxygens (including phenoxy) is 2. The molecule has 2 aromatic rings. The summed E-state index contributed by atoms with van der Waals surface area (Å²) in [5.74, 6) is 0.559. The molecule has 218 valence electrons. The van der Waals surface area contributed by atoms with Crippen LogP contribution in [0.1, 0.15) is 31.4 Å². The molecule has 2 amide bonds. The number of likely N-dealkylation sites (N-methyl/N-ethyl adjacent to an activating group) is 1. The summed E-state index contributed by atoms with van der Waals surface area (Å²) in [6.07, 6.45) is 0.346. The van der Waals surface area contributed by atoms with E-state index in [1.54, 1.807) is 4.90 Å². The van der Waals surface area contributed by atoms with Gasteiger partial charge in [-0.25, -0.2) is 0 Å². The first-order valence-electron chi connectivity index (χ1n) is 14.3. The van der Waals surface area contributed by atoms with Crippen LogP contribution in [0.2, 0.25) is 0 Å². The Hall–Kier alpha value is -2.98. The van der Waals surface area contributed by atoms with Gasteiger partial charge >= 0.3 is 0 Å². The standard InChI is InChI=1S/C31H44N4O5/c1-23-19-35(24(2)22-36)31(38)18-26-17-27(32-30(37)11-12-34-13-15-39-16-14-34)9-10-28(26)40-29(23)21-33(3)20-25-7-5-4-6-8-25/h4-10,17,23-24,29,36H,11-16,18-22H2,1-3H3,(H,32,37)/t23-,24-,29-/m0/s1. The van der Waals surface area contributed by atoms with E-state index in [4.69, 9.17) is 9.47 Å². The predicted octanol–water partition coefficient (Wildman–Crippen LogP) is 2.63. The summed E-state index contributed by atoms with van der Waals surface area (Å²) in [5.41, 5.74) is 2.60. The molecule has 0 aromatic heterocycles. The van der Waals surface area contributed by atoms with Crippen molar-refractivity contribution in [1.29, 1.82) is 0 Å². The summed E-state index contributed by atoms with van der Waals surface area (Å²) in [6.45, 7) is 9.58. The van der Waals surface area contributed by atoms with Gasteiger partial charge in [0.15, 0.2) is 0 Å². The monoisotopic (exact) mass is 552 g/mol. The molecule has 4 rings (SSSR count). The van der Waals surface area contributed by atoms with Crippen LogP contribution in [-0.2, 0) is 27.3 Å². The van der Waals surface area contributed by atoms with Crippen molar-refractivity contribution in [3.8, 4) is 5.75 Å². The largest absolute Gasteiger partial charge is 0.488 e. The molecule has 0 radical (unpaired) electrons. The van der Waals surface area contributed by atoms with Crippen LogP contribution in [0.5, 0.6) is 5.75 Å². The molecule has 2 aliphatic heterocycles. The Morgan fingerprint density at radius 2 is 1.93 bits per heavy atom. The topological polar surface area (TPSA) is 94.6 Å². The van der Waals surface area contributed by atoms with Crippen LogP contribution in [0.15, 0.2) is 48.5 Å². The third kappa shape index (κ3) is 8.51. The second kappa shape index (κ2) is 14.6. The van der Waals surface area contributed by atoms with Gasteiger partial charge in [0.05, 0.1) is 32.3 Å². The van der Waals surface area contributed by atoms with Crippen LogP contribution in [0, 0.1) is 5.92 Å². The third-order valence-corrected chi connectivity index (χ3v) is 7.75. The van der Waals surface area contributed by atoms with Crippen LogP contribution in [-0.4, -0.2) is 103 Å². The van der Waals surface area contributed by atoms with E-state index in [0.717, 1.165) is 25.2 Å². The molecule has 0 bridgehead atoms. The summed E-state index contributed by atoms with van der Waals surface area (Å²) in [6, 6.07) is 15.6. The number of aliphatic hydroxyl groups is 1. The fraction of sp³-hybridized carbons (Fsp3) is 0.548. The summed E-state index contributed by atoms with van der Waals surface area (Å²) in [5, 5.41) is 12.9. The fourth-order valence-corrected chi connectivity index (χ4v) is 5.30. The third-order valence-electron chi connectivity index (χ3n) is 7.75. The lowest BCUT2D eigenvalue weighted by atomic mass is 10.0. The number of aliphatic hydroxyl groups excluding tert-OH is 1. The lowest BCUT2D eigenvalue weighted by Gasteiger charge is -2.34. The van der Waals surface area contributed by atoms with Crippen molar-refractivity contribution < 1.29 is 24.2 Å². The zero-order valence-corrected chi connectivity index (χ0v) is 24.1. The lowest BCUT2D eigenvalue weighted by Crippen LogP contribution is -2.47. The van der Waals surface area contributed by atoms with Crippen molar-refractivity contribution in [2.45, 2.75) is 45.4 Å². The van der Waals surface area contributed by atoms with Crippen LogP contribution in [0.4, 0.5) is 5.69 Å². The number of nitrogens with one attached hydrogen (secondary N) is 1. The number of anilines is 1. The van der Waals surface area contributed by atoms with Gasteiger partial charge in [-0.15, -0.1) is 0 Å². The van der Waals surface area contributed by atoms with E-state index in [9.17, 15) is 14.7 Å². The number of nitrogens with zero attached hydrogens (tertiary/aromatic N) is 3. The molecule has 2 aromatic carbocycles. The summed E-state index contributed by atoms with van der Waals surface area (Å²) in [4.78, 5) is 32.4. The molecule has 0 spiro atoms. The molecular formula is C31H44N4O5. The second-order valence-electron chi connectivity index (χ2n) is 11.1. The molecule has 1 fully saturated rings. The highest BCUT2D eigenvalue weighted by atomic mass is 16.5. The van der Waals surface area contributed by atoms with E-state index in [2.05, 4.69) is 41.2 Å². The van der Waals surface area contributed by atoms with Gasteiger partial charge in [-0.05, 0) is 37.7 Å². The van der Waals surface area contributed by atoms with Crippen molar-refractivity contribution in [3.63, 3.8) is 0 Å². The van der Waals surface area contributed by atoms with Gasteiger partial charge in [0.1, 0.15) is 11.9 Å². The lowest BCUT2D eigenvalue weighted by molar-refractivity contribution is -0.134. The van der Waals surface area contributed by atoms with Crippen molar-refractivity contribution in [2.24, 2.45) is 5.92 Å². The number of rotatable bonds is 10. The Balaban J connectivity index is 1.50. The Kier molecular flexibility index (Phi) is 10.9. The zero-order valence-electron chi connectivity index (χ0n) is 24.1. The van der Waals surface area contributed by atoms with Gasteiger partial charge in [0.2, 0.25) is 11.8 Å². The molecule has 0 aliphatic carbocycles. The number of carbonyl (C=O) groups excluding carboxylic acids is 2. The molecule has 2 N–H and O–H groups in total. The molecule has 2 heterocycles. The van der Waals surface area contributed by atoms with E-state index in [0.29, 0.717) is 50.7 Å². The van der Waals surface area contributed by atoms with Crippen molar-refractivity contribution in [2.75, 3.05) is 64.9 Å². The zero-order chi connectivity index (χ0) is 28.5. The number of carbonyl (C=O) groups is 2. The summed E-state index contributed by atoms with van der Waals surface area (Å²) >= 11 is 0. The molecule has 0 saturated carbocycles. The molecule has 2 aliphatic rings.